The first-order valence-electron chi connectivity index (χ1n) is 13.8. The number of carbonyl (C=O) groups excluding carboxylic acids is 1. The molecule has 0 atom stereocenters. The lowest BCUT2D eigenvalue weighted by molar-refractivity contribution is 0.102. The molecule has 1 aromatic carbocycles. The molecule has 6 rings (SSSR count). The number of halogens is 2. The van der Waals surface area contributed by atoms with Crippen LogP contribution >= 0.6 is 0 Å². The quantitative estimate of drug-likeness (QED) is 0.265. The van der Waals surface area contributed by atoms with E-state index in [1.165, 1.54) is 24.4 Å². The summed E-state index contributed by atoms with van der Waals surface area (Å²) in [6, 6.07) is 12.8. The Labute approximate surface area is 235 Å². The van der Waals surface area contributed by atoms with Crippen LogP contribution in [-0.4, -0.2) is 59.6 Å². The van der Waals surface area contributed by atoms with Gasteiger partial charge in [-0.15, -0.1) is 0 Å². The molecular formula is C30H30F2N8O. The maximum Gasteiger partial charge on any atom is 0.257 e. The number of piperidine rings is 1. The highest BCUT2D eigenvalue weighted by Crippen LogP contribution is 2.37. The van der Waals surface area contributed by atoms with Crippen molar-refractivity contribution in [1.29, 1.82) is 0 Å². The van der Waals surface area contributed by atoms with E-state index >= 15 is 0 Å². The van der Waals surface area contributed by atoms with Gasteiger partial charge in [0.15, 0.2) is 11.5 Å². The predicted octanol–water partition coefficient (Wildman–Crippen LogP) is 5.54. The van der Waals surface area contributed by atoms with Crippen molar-refractivity contribution in [1.82, 2.24) is 34.0 Å². The Bertz CT molecular complexity index is 1700. The van der Waals surface area contributed by atoms with E-state index < -0.39 is 11.9 Å². The SMILES string of the molecule is CCCN1CCC(n2c(C)nc(-c3ccc(F)cc3)c2-c2ccc3nc(NC(=O)c4ccnc(F)c4)cn3n2)CC1. The van der Waals surface area contributed by atoms with E-state index in [-0.39, 0.29) is 23.2 Å². The number of nitrogens with zero attached hydrogens (tertiary/aromatic N) is 7. The first kappa shape index (κ1) is 26.7. The molecule has 9 nitrogen and oxygen atoms in total. The summed E-state index contributed by atoms with van der Waals surface area (Å²) in [5, 5.41) is 7.56. The molecule has 41 heavy (non-hydrogen) atoms. The number of amides is 1. The Kier molecular flexibility index (Phi) is 7.27. The number of pyridine rings is 1. The summed E-state index contributed by atoms with van der Waals surface area (Å²) in [4.78, 5) is 28.0. The Hall–Kier alpha value is -4.51. The monoisotopic (exact) mass is 556 g/mol. The van der Waals surface area contributed by atoms with E-state index in [2.05, 4.69) is 31.7 Å². The van der Waals surface area contributed by atoms with E-state index in [1.807, 2.05) is 19.1 Å². The van der Waals surface area contributed by atoms with Crippen molar-refractivity contribution in [3.8, 4) is 22.6 Å². The van der Waals surface area contributed by atoms with Gasteiger partial charge in [-0.05, 0) is 75.2 Å². The summed E-state index contributed by atoms with van der Waals surface area (Å²) in [5.74, 6) is -0.394. The molecule has 0 bridgehead atoms. The lowest BCUT2D eigenvalue weighted by Crippen LogP contribution is -2.35. The summed E-state index contributed by atoms with van der Waals surface area (Å²) >= 11 is 0. The smallest absolute Gasteiger partial charge is 0.257 e. The molecule has 1 N–H and O–H groups in total. The first-order valence-corrected chi connectivity index (χ1v) is 13.8. The zero-order chi connectivity index (χ0) is 28.5. The minimum Gasteiger partial charge on any atom is -0.323 e. The number of hydrogen-bond donors (Lipinski definition) is 1. The summed E-state index contributed by atoms with van der Waals surface area (Å²) in [6.07, 6.45) is 5.96. The number of aryl methyl sites for hydroxylation is 1. The number of imidazole rings is 2. The van der Waals surface area contributed by atoms with Gasteiger partial charge in [-0.3, -0.25) is 4.79 Å². The number of nitrogens with one attached hydrogen (secondary N) is 1. The van der Waals surface area contributed by atoms with Crippen molar-refractivity contribution < 1.29 is 13.6 Å². The van der Waals surface area contributed by atoms with Gasteiger partial charge in [0.05, 0.1) is 17.6 Å². The van der Waals surface area contributed by atoms with Crippen molar-refractivity contribution in [3.05, 3.63) is 84.1 Å². The fraction of sp³-hybridized carbons (Fsp3) is 0.300. The third kappa shape index (κ3) is 5.45. The number of hydrogen-bond acceptors (Lipinski definition) is 6. The molecule has 0 saturated carbocycles. The van der Waals surface area contributed by atoms with E-state index in [1.54, 1.807) is 22.8 Å². The van der Waals surface area contributed by atoms with Gasteiger partial charge in [-0.2, -0.15) is 9.49 Å². The lowest BCUT2D eigenvalue weighted by Gasteiger charge is -2.33. The van der Waals surface area contributed by atoms with Gasteiger partial charge in [0.1, 0.15) is 17.3 Å². The van der Waals surface area contributed by atoms with Gasteiger partial charge < -0.3 is 14.8 Å². The zero-order valence-electron chi connectivity index (χ0n) is 22.9. The molecule has 11 heteroatoms. The Morgan fingerprint density at radius 1 is 1.05 bits per heavy atom. The van der Waals surface area contributed by atoms with Gasteiger partial charge in [0.25, 0.3) is 5.91 Å². The molecule has 0 unspecified atom stereocenters. The fourth-order valence-electron chi connectivity index (χ4n) is 5.56. The Morgan fingerprint density at radius 2 is 1.83 bits per heavy atom. The van der Waals surface area contributed by atoms with Crippen LogP contribution in [0.3, 0.4) is 0 Å². The van der Waals surface area contributed by atoms with Crippen LogP contribution in [0.2, 0.25) is 0 Å². The van der Waals surface area contributed by atoms with Crippen LogP contribution in [0.4, 0.5) is 14.6 Å². The lowest BCUT2D eigenvalue weighted by atomic mass is 10.0. The molecule has 0 radical (unpaired) electrons. The van der Waals surface area contributed by atoms with Gasteiger partial charge in [-0.25, -0.2) is 23.9 Å². The molecule has 1 amide bonds. The standard InChI is InChI=1S/C30H30F2N8O/c1-3-14-38-15-11-23(12-16-38)40-19(2)34-28(20-4-6-22(31)7-5-20)29(40)24-8-9-27-35-26(18-39(27)37-24)36-30(41)21-10-13-33-25(32)17-21/h4-10,13,17-18,23H,3,11-12,14-16H2,1-2H3,(H,36,41). The molecular weight excluding hydrogens is 526 g/mol. The van der Waals surface area contributed by atoms with E-state index in [0.29, 0.717) is 11.3 Å². The van der Waals surface area contributed by atoms with Crippen LogP contribution in [0.25, 0.3) is 28.3 Å². The molecule has 1 aliphatic rings. The van der Waals surface area contributed by atoms with Crippen LogP contribution in [0, 0.1) is 18.7 Å². The number of carbonyl (C=O) groups is 1. The fourth-order valence-corrected chi connectivity index (χ4v) is 5.56. The third-order valence-electron chi connectivity index (χ3n) is 7.46. The van der Waals surface area contributed by atoms with Gasteiger partial charge >= 0.3 is 0 Å². The van der Waals surface area contributed by atoms with E-state index in [9.17, 15) is 13.6 Å². The topological polar surface area (TPSA) is 93.2 Å². The van der Waals surface area contributed by atoms with Crippen molar-refractivity contribution in [2.45, 2.75) is 39.2 Å². The normalized spacial score (nSPS) is 14.5. The average Bonchev–Trinajstić information content (AvgIpc) is 3.53. The maximum absolute atomic E-state index is 13.8. The number of fused-ring (bicyclic) bond motifs is 1. The van der Waals surface area contributed by atoms with E-state index in [0.717, 1.165) is 67.7 Å². The second-order valence-electron chi connectivity index (χ2n) is 10.3. The first-order chi connectivity index (χ1) is 19.9. The molecule has 1 saturated heterocycles. The zero-order valence-corrected chi connectivity index (χ0v) is 22.9. The molecule has 5 aromatic rings. The van der Waals surface area contributed by atoms with Crippen LogP contribution in [0.1, 0.15) is 48.4 Å². The second-order valence-corrected chi connectivity index (χ2v) is 10.3. The highest BCUT2D eigenvalue weighted by atomic mass is 19.1. The van der Waals surface area contributed by atoms with Crippen LogP contribution in [-0.2, 0) is 0 Å². The molecule has 1 fully saturated rings. The van der Waals surface area contributed by atoms with Crippen molar-refractivity contribution in [2.24, 2.45) is 0 Å². The van der Waals surface area contributed by atoms with E-state index in [4.69, 9.17) is 10.1 Å². The molecule has 0 aliphatic carbocycles. The highest BCUT2D eigenvalue weighted by molar-refractivity contribution is 6.03. The number of anilines is 1. The molecule has 210 valence electrons. The maximum atomic E-state index is 13.8. The number of benzene rings is 1. The second kappa shape index (κ2) is 11.2. The number of rotatable bonds is 7. The largest absolute Gasteiger partial charge is 0.323 e. The summed E-state index contributed by atoms with van der Waals surface area (Å²) in [7, 11) is 0. The molecule has 4 aromatic heterocycles. The summed E-state index contributed by atoms with van der Waals surface area (Å²) in [6.45, 7) is 7.32. The summed E-state index contributed by atoms with van der Waals surface area (Å²) in [5.41, 5.74) is 3.74. The van der Waals surface area contributed by atoms with Gasteiger partial charge in [-0.1, -0.05) is 6.92 Å². The number of aromatic nitrogens is 6. The highest BCUT2D eigenvalue weighted by Gasteiger charge is 2.28. The van der Waals surface area contributed by atoms with Crippen molar-refractivity contribution in [3.63, 3.8) is 0 Å². The molecule has 0 spiro atoms. The van der Waals surface area contributed by atoms with Crippen molar-refractivity contribution >= 4 is 17.4 Å². The van der Waals surface area contributed by atoms with Gasteiger partial charge in [0, 0.05) is 42.5 Å². The Morgan fingerprint density at radius 3 is 2.56 bits per heavy atom. The Balaban J connectivity index is 1.38. The van der Waals surface area contributed by atoms with Crippen LogP contribution in [0.5, 0.6) is 0 Å². The van der Waals surface area contributed by atoms with Crippen molar-refractivity contribution in [2.75, 3.05) is 25.0 Å². The minimum absolute atomic E-state index is 0.136. The minimum atomic E-state index is -0.737. The van der Waals surface area contributed by atoms with Crippen LogP contribution < -0.4 is 5.32 Å². The predicted molar refractivity (Wildman–Crippen MR) is 151 cm³/mol. The molecule has 1 aliphatic heterocycles. The third-order valence-corrected chi connectivity index (χ3v) is 7.46. The number of likely N-dealkylation sites (tertiary alicyclic amines) is 1. The van der Waals surface area contributed by atoms with Crippen LogP contribution in [0.15, 0.2) is 60.9 Å². The van der Waals surface area contributed by atoms with Gasteiger partial charge in [0.2, 0.25) is 5.95 Å². The summed E-state index contributed by atoms with van der Waals surface area (Å²) < 4.78 is 31.2. The molecule has 5 heterocycles. The average molecular weight is 557 g/mol.